The third-order valence-electron chi connectivity index (χ3n) is 4.47. The summed E-state index contributed by atoms with van der Waals surface area (Å²) in [6.07, 6.45) is 4.38. The van der Waals surface area contributed by atoms with Crippen LogP contribution in [0.2, 0.25) is 0 Å². The molecule has 1 saturated heterocycles. The number of H-pyrrole nitrogens is 1. The summed E-state index contributed by atoms with van der Waals surface area (Å²) in [6.45, 7) is 1.13. The average Bonchev–Trinajstić information content (AvgIpc) is 3.12. The Morgan fingerprint density at radius 3 is 3.00 bits per heavy atom. The first kappa shape index (κ1) is 16.1. The predicted molar refractivity (Wildman–Crippen MR) is 94.6 cm³/mol. The largest absolute Gasteiger partial charge is 0.470 e. The van der Waals surface area contributed by atoms with Crippen molar-refractivity contribution in [2.24, 2.45) is 0 Å². The van der Waals surface area contributed by atoms with Gasteiger partial charge in [-0.15, -0.1) is 0 Å². The van der Waals surface area contributed by atoms with Crippen LogP contribution < -0.4 is 4.74 Å². The van der Waals surface area contributed by atoms with Crippen LogP contribution in [0.25, 0.3) is 10.9 Å². The molecule has 1 N–H and O–H groups in total. The van der Waals surface area contributed by atoms with E-state index in [-0.39, 0.29) is 23.6 Å². The fourth-order valence-corrected chi connectivity index (χ4v) is 3.22. The monoisotopic (exact) mass is 347 g/mol. The van der Waals surface area contributed by atoms with Crippen LogP contribution >= 0.6 is 0 Å². The van der Waals surface area contributed by atoms with E-state index in [1.807, 2.05) is 36.4 Å². The summed E-state index contributed by atoms with van der Waals surface area (Å²) in [5.41, 5.74) is 1.68. The second kappa shape index (κ2) is 6.84. The van der Waals surface area contributed by atoms with Crippen LogP contribution in [0.4, 0.5) is 0 Å². The van der Waals surface area contributed by atoms with E-state index in [1.54, 1.807) is 4.90 Å². The molecule has 0 radical (unpaired) electrons. The minimum absolute atomic E-state index is 0.0471. The topological polar surface area (TPSA) is 94.9 Å². The Hall–Kier alpha value is -3.40. The number of aromatic amines is 1. The summed E-state index contributed by atoms with van der Waals surface area (Å²) in [5.74, 6) is 0.175. The Balaban J connectivity index is 1.49. The molecule has 1 aliphatic rings. The summed E-state index contributed by atoms with van der Waals surface area (Å²) in [7, 11) is 0. The number of carbonyl (C=O) groups excluding carboxylic acids is 1. The normalized spacial score (nSPS) is 17.0. The minimum Gasteiger partial charge on any atom is -0.470 e. The van der Waals surface area contributed by atoms with E-state index < -0.39 is 0 Å². The molecule has 0 aliphatic carbocycles. The maximum absolute atomic E-state index is 12.8. The van der Waals surface area contributed by atoms with Gasteiger partial charge in [-0.1, -0.05) is 18.2 Å². The van der Waals surface area contributed by atoms with Crippen molar-refractivity contribution in [2.75, 3.05) is 13.1 Å². The Morgan fingerprint density at radius 2 is 2.15 bits per heavy atom. The van der Waals surface area contributed by atoms with Crippen LogP contribution in [-0.2, 0) is 0 Å². The van der Waals surface area contributed by atoms with Gasteiger partial charge in [0.25, 0.3) is 11.8 Å². The molecule has 7 nitrogen and oxygen atoms in total. The zero-order valence-electron chi connectivity index (χ0n) is 14.1. The molecule has 3 aromatic rings. The number of piperidine rings is 1. The minimum atomic E-state index is -0.208. The van der Waals surface area contributed by atoms with Crippen molar-refractivity contribution in [3.63, 3.8) is 0 Å². The molecule has 1 aliphatic heterocycles. The first-order valence-electron chi connectivity index (χ1n) is 8.49. The molecule has 0 bridgehead atoms. The van der Waals surface area contributed by atoms with Gasteiger partial charge in [0.2, 0.25) is 5.69 Å². The molecular weight excluding hydrogens is 330 g/mol. The van der Waals surface area contributed by atoms with Gasteiger partial charge in [-0.25, -0.2) is 9.97 Å². The van der Waals surface area contributed by atoms with Crippen LogP contribution in [0.15, 0.2) is 42.7 Å². The lowest BCUT2D eigenvalue weighted by Crippen LogP contribution is -2.44. The van der Waals surface area contributed by atoms with E-state index in [2.05, 4.69) is 15.0 Å². The number of rotatable bonds is 3. The summed E-state index contributed by atoms with van der Waals surface area (Å²) in [6, 6.07) is 11.7. The number of para-hydroxylation sites is 1. The van der Waals surface area contributed by atoms with Gasteiger partial charge >= 0.3 is 0 Å². The number of nitrogens with zero attached hydrogens (tertiary/aromatic N) is 4. The number of benzene rings is 1. The van der Waals surface area contributed by atoms with Gasteiger partial charge in [0.05, 0.1) is 6.54 Å². The standard InChI is InChI=1S/C19H17N5O2/c20-11-17-18(22-8-7-21-17)26-14-5-3-9-24(12-14)19(25)16-10-13-4-1-2-6-15(13)23-16/h1-2,4,6-8,10,14,23H,3,5,9,12H2/t14-/m1/s1. The molecule has 0 spiro atoms. The van der Waals surface area contributed by atoms with Crippen LogP contribution in [0.3, 0.4) is 0 Å². The second-order valence-electron chi connectivity index (χ2n) is 6.23. The highest BCUT2D eigenvalue weighted by atomic mass is 16.5. The fraction of sp³-hybridized carbons (Fsp3) is 0.263. The number of hydrogen-bond donors (Lipinski definition) is 1. The van der Waals surface area contributed by atoms with Gasteiger partial charge in [-0.2, -0.15) is 5.26 Å². The maximum atomic E-state index is 12.8. The highest BCUT2D eigenvalue weighted by Crippen LogP contribution is 2.21. The molecule has 4 rings (SSSR count). The number of fused-ring (bicyclic) bond motifs is 1. The lowest BCUT2D eigenvalue weighted by atomic mass is 10.1. The summed E-state index contributed by atoms with van der Waals surface area (Å²) in [4.78, 5) is 25.8. The highest BCUT2D eigenvalue weighted by Gasteiger charge is 2.27. The summed E-state index contributed by atoms with van der Waals surface area (Å²) < 4.78 is 5.85. The third kappa shape index (κ3) is 3.09. The Labute approximate surface area is 150 Å². The number of nitriles is 1. The molecule has 0 saturated carbocycles. The first-order valence-corrected chi connectivity index (χ1v) is 8.49. The van der Waals surface area contributed by atoms with Gasteiger partial charge in [-0.05, 0) is 25.0 Å². The molecule has 130 valence electrons. The zero-order chi connectivity index (χ0) is 17.9. The van der Waals surface area contributed by atoms with E-state index in [4.69, 9.17) is 10.00 Å². The van der Waals surface area contributed by atoms with Gasteiger partial charge in [-0.3, -0.25) is 4.79 Å². The van der Waals surface area contributed by atoms with Crippen molar-refractivity contribution < 1.29 is 9.53 Å². The van der Waals surface area contributed by atoms with E-state index in [0.717, 1.165) is 23.7 Å². The summed E-state index contributed by atoms with van der Waals surface area (Å²) in [5, 5.41) is 10.1. The average molecular weight is 347 g/mol. The zero-order valence-corrected chi connectivity index (χ0v) is 14.1. The molecular formula is C19H17N5O2. The molecule has 26 heavy (non-hydrogen) atoms. The molecule has 1 aromatic carbocycles. The van der Waals surface area contributed by atoms with Crippen LogP contribution in [0.5, 0.6) is 5.88 Å². The first-order chi connectivity index (χ1) is 12.7. The quantitative estimate of drug-likeness (QED) is 0.785. The number of hydrogen-bond acceptors (Lipinski definition) is 5. The lowest BCUT2D eigenvalue weighted by molar-refractivity contribution is 0.0522. The number of likely N-dealkylation sites (tertiary alicyclic amines) is 1. The number of nitrogens with one attached hydrogen (secondary N) is 1. The van der Waals surface area contributed by atoms with Gasteiger partial charge in [0.1, 0.15) is 17.9 Å². The number of amides is 1. The van der Waals surface area contributed by atoms with E-state index in [1.165, 1.54) is 12.4 Å². The van der Waals surface area contributed by atoms with Crippen molar-refractivity contribution in [3.8, 4) is 11.9 Å². The Kier molecular flexibility index (Phi) is 4.23. The maximum Gasteiger partial charge on any atom is 0.270 e. The molecule has 7 heteroatoms. The molecule has 1 atom stereocenters. The third-order valence-corrected chi connectivity index (χ3v) is 4.47. The van der Waals surface area contributed by atoms with Gasteiger partial charge < -0.3 is 14.6 Å². The number of aromatic nitrogens is 3. The van der Waals surface area contributed by atoms with Crippen LogP contribution in [0.1, 0.15) is 29.0 Å². The van der Waals surface area contributed by atoms with Crippen molar-refractivity contribution in [3.05, 3.63) is 54.1 Å². The lowest BCUT2D eigenvalue weighted by Gasteiger charge is -2.32. The van der Waals surface area contributed by atoms with Gasteiger partial charge in [0, 0.05) is 29.8 Å². The van der Waals surface area contributed by atoms with Gasteiger partial charge in [0.15, 0.2) is 0 Å². The Morgan fingerprint density at radius 1 is 1.31 bits per heavy atom. The molecule has 0 unspecified atom stereocenters. The molecule has 2 aromatic heterocycles. The van der Waals surface area contributed by atoms with Crippen molar-refractivity contribution >= 4 is 16.8 Å². The summed E-state index contributed by atoms with van der Waals surface area (Å²) >= 11 is 0. The van der Waals surface area contributed by atoms with E-state index in [9.17, 15) is 4.79 Å². The predicted octanol–water partition coefficient (Wildman–Crippen LogP) is 2.51. The smallest absolute Gasteiger partial charge is 0.270 e. The second-order valence-corrected chi connectivity index (χ2v) is 6.23. The van der Waals surface area contributed by atoms with E-state index in [0.29, 0.717) is 18.8 Å². The number of ether oxygens (including phenoxy) is 1. The van der Waals surface area contributed by atoms with Crippen molar-refractivity contribution in [1.82, 2.24) is 19.9 Å². The van der Waals surface area contributed by atoms with Crippen LogP contribution in [0, 0.1) is 11.3 Å². The van der Waals surface area contributed by atoms with Crippen LogP contribution in [-0.4, -0.2) is 45.0 Å². The molecule has 1 fully saturated rings. The molecule has 3 heterocycles. The fourth-order valence-electron chi connectivity index (χ4n) is 3.22. The van der Waals surface area contributed by atoms with Crippen molar-refractivity contribution in [2.45, 2.75) is 18.9 Å². The SMILES string of the molecule is N#Cc1nccnc1O[C@@H]1CCCN(C(=O)c2cc3ccccc3[nH]2)C1. The Bertz CT molecular complexity index is 958. The van der Waals surface area contributed by atoms with Crippen molar-refractivity contribution in [1.29, 1.82) is 5.26 Å². The molecule has 1 amide bonds. The number of carbonyl (C=O) groups is 1. The van der Waals surface area contributed by atoms with E-state index >= 15 is 0 Å². The highest BCUT2D eigenvalue weighted by molar-refractivity contribution is 5.98.